The molecule has 0 saturated carbocycles. The van der Waals surface area contributed by atoms with Gasteiger partial charge in [0.15, 0.2) is 11.5 Å². The SMILES string of the molecule is C[C@H]1CN(C2CCN(S(=O)(=O)c3ccc4c(c3)OCCCO4)CC2)CCO1. The molecule has 150 valence electrons. The number of ether oxygens (including phenoxy) is 3. The number of hydrogen-bond acceptors (Lipinski definition) is 6. The van der Waals surface area contributed by atoms with Gasteiger partial charge in [0.1, 0.15) is 0 Å². The second-order valence-corrected chi connectivity index (χ2v) is 9.41. The molecule has 0 aromatic heterocycles. The number of hydrogen-bond donors (Lipinski definition) is 0. The summed E-state index contributed by atoms with van der Waals surface area (Å²) in [5.41, 5.74) is 0. The molecule has 1 aromatic carbocycles. The first-order valence-electron chi connectivity index (χ1n) is 9.79. The maximum absolute atomic E-state index is 13.1. The van der Waals surface area contributed by atoms with Crippen molar-refractivity contribution in [1.82, 2.24) is 9.21 Å². The minimum Gasteiger partial charge on any atom is -0.490 e. The Labute approximate surface area is 161 Å². The Bertz CT molecular complexity index is 761. The van der Waals surface area contributed by atoms with Crippen LogP contribution >= 0.6 is 0 Å². The lowest BCUT2D eigenvalue weighted by molar-refractivity contribution is -0.0406. The molecule has 27 heavy (non-hydrogen) atoms. The van der Waals surface area contributed by atoms with Crippen molar-refractivity contribution in [3.8, 4) is 11.5 Å². The van der Waals surface area contributed by atoms with Crippen LogP contribution in [0.4, 0.5) is 0 Å². The Morgan fingerprint density at radius 2 is 1.74 bits per heavy atom. The largest absolute Gasteiger partial charge is 0.490 e. The van der Waals surface area contributed by atoms with Gasteiger partial charge in [-0.05, 0) is 31.9 Å². The van der Waals surface area contributed by atoms with E-state index >= 15 is 0 Å². The summed E-state index contributed by atoms with van der Waals surface area (Å²) in [5.74, 6) is 1.14. The third-order valence-corrected chi connectivity index (χ3v) is 7.46. The number of piperidine rings is 1. The molecule has 2 saturated heterocycles. The molecule has 1 aromatic rings. The van der Waals surface area contributed by atoms with Crippen LogP contribution in [-0.4, -0.2) is 75.8 Å². The minimum atomic E-state index is -3.52. The van der Waals surface area contributed by atoms with Gasteiger partial charge < -0.3 is 14.2 Å². The van der Waals surface area contributed by atoms with Crippen molar-refractivity contribution in [3.63, 3.8) is 0 Å². The Kier molecular flexibility index (Phi) is 5.59. The molecule has 2 fully saturated rings. The predicted octanol–water partition coefficient (Wildman–Crippen LogP) is 1.72. The highest BCUT2D eigenvalue weighted by atomic mass is 32.2. The summed E-state index contributed by atoms with van der Waals surface area (Å²) >= 11 is 0. The number of morpholine rings is 1. The number of fused-ring (bicyclic) bond motifs is 1. The second kappa shape index (κ2) is 7.95. The van der Waals surface area contributed by atoms with E-state index in [-0.39, 0.29) is 11.0 Å². The van der Waals surface area contributed by atoms with Gasteiger partial charge in [0, 0.05) is 44.7 Å². The molecule has 0 unspecified atom stereocenters. The van der Waals surface area contributed by atoms with E-state index in [1.807, 2.05) is 0 Å². The van der Waals surface area contributed by atoms with E-state index in [2.05, 4.69) is 11.8 Å². The van der Waals surface area contributed by atoms with E-state index in [1.54, 1.807) is 22.5 Å². The fraction of sp³-hybridized carbons (Fsp3) is 0.684. The third kappa shape index (κ3) is 4.08. The van der Waals surface area contributed by atoms with Crippen LogP contribution in [0.2, 0.25) is 0 Å². The average Bonchev–Trinajstić information content (AvgIpc) is 2.93. The molecule has 1 atom stereocenters. The first-order chi connectivity index (χ1) is 13.0. The molecular formula is C19H28N2O5S. The van der Waals surface area contributed by atoms with Crippen LogP contribution in [0.1, 0.15) is 26.2 Å². The van der Waals surface area contributed by atoms with Gasteiger partial charge in [-0.2, -0.15) is 4.31 Å². The van der Waals surface area contributed by atoms with E-state index in [0.717, 1.165) is 39.0 Å². The number of benzene rings is 1. The van der Waals surface area contributed by atoms with E-state index < -0.39 is 10.0 Å². The molecule has 0 spiro atoms. The molecule has 0 radical (unpaired) electrons. The zero-order chi connectivity index (χ0) is 18.9. The normalized spacial score (nSPS) is 25.9. The second-order valence-electron chi connectivity index (χ2n) is 7.47. The molecule has 3 heterocycles. The Morgan fingerprint density at radius 3 is 2.48 bits per heavy atom. The minimum absolute atomic E-state index is 0.252. The summed E-state index contributed by atoms with van der Waals surface area (Å²) in [5, 5.41) is 0. The van der Waals surface area contributed by atoms with Crippen molar-refractivity contribution < 1.29 is 22.6 Å². The highest BCUT2D eigenvalue weighted by molar-refractivity contribution is 7.89. The summed E-state index contributed by atoms with van der Waals surface area (Å²) in [6.45, 7) is 6.95. The van der Waals surface area contributed by atoms with Gasteiger partial charge in [-0.25, -0.2) is 8.42 Å². The van der Waals surface area contributed by atoms with Crippen molar-refractivity contribution in [3.05, 3.63) is 18.2 Å². The van der Waals surface area contributed by atoms with Gasteiger partial charge in [0.2, 0.25) is 10.0 Å². The first kappa shape index (κ1) is 19.0. The lowest BCUT2D eigenvalue weighted by Crippen LogP contribution is -2.51. The fourth-order valence-corrected chi connectivity index (χ4v) is 5.56. The van der Waals surface area contributed by atoms with Crippen LogP contribution in [0.25, 0.3) is 0 Å². The van der Waals surface area contributed by atoms with E-state index in [4.69, 9.17) is 14.2 Å². The lowest BCUT2D eigenvalue weighted by atomic mass is 10.0. The number of sulfonamides is 1. The van der Waals surface area contributed by atoms with Crippen LogP contribution in [0.3, 0.4) is 0 Å². The number of rotatable bonds is 3. The quantitative estimate of drug-likeness (QED) is 0.775. The molecule has 0 aliphatic carbocycles. The first-order valence-corrected chi connectivity index (χ1v) is 11.2. The average molecular weight is 397 g/mol. The molecule has 0 bridgehead atoms. The molecule has 0 N–H and O–H groups in total. The monoisotopic (exact) mass is 396 g/mol. The van der Waals surface area contributed by atoms with Crippen LogP contribution < -0.4 is 9.47 Å². The topological polar surface area (TPSA) is 68.3 Å². The standard InChI is InChI=1S/C19H28N2O5S/c1-15-14-20(9-12-24-15)16-5-7-21(8-6-16)27(22,23)17-3-4-18-19(13-17)26-11-2-10-25-18/h3-4,13,15-16H,2,5-12,14H2,1H3/t15-/m0/s1. The van der Waals surface area contributed by atoms with Gasteiger partial charge in [0.25, 0.3) is 0 Å². The Morgan fingerprint density at radius 1 is 1.00 bits per heavy atom. The van der Waals surface area contributed by atoms with Crippen molar-refractivity contribution in [2.75, 3.05) is 46.0 Å². The Hall–Kier alpha value is -1.35. The van der Waals surface area contributed by atoms with Crippen LogP contribution in [0.5, 0.6) is 11.5 Å². The van der Waals surface area contributed by atoms with Crippen molar-refractivity contribution in [2.45, 2.75) is 43.2 Å². The summed E-state index contributed by atoms with van der Waals surface area (Å²) in [4.78, 5) is 2.73. The van der Waals surface area contributed by atoms with Crippen LogP contribution in [0, 0.1) is 0 Å². The van der Waals surface area contributed by atoms with Gasteiger partial charge >= 0.3 is 0 Å². The van der Waals surface area contributed by atoms with Crippen molar-refractivity contribution in [1.29, 1.82) is 0 Å². The maximum atomic E-state index is 13.1. The highest BCUT2D eigenvalue weighted by Crippen LogP contribution is 2.33. The highest BCUT2D eigenvalue weighted by Gasteiger charge is 2.33. The van der Waals surface area contributed by atoms with E-state index in [1.165, 1.54) is 0 Å². The Balaban J connectivity index is 1.43. The molecule has 7 nitrogen and oxygen atoms in total. The summed E-state index contributed by atoms with van der Waals surface area (Å²) < 4.78 is 44.7. The molecule has 3 aliphatic rings. The predicted molar refractivity (Wildman–Crippen MR) is 101 cm³/mol. The summed E-state index contributed by atoms with van der Waals surface area (Å²) in [6.07, 6.45) is 2.76. The van der Waals surface area contributed by atoms with Gasteiger partial charge in [-0.15, -0.1) is 0 Å². The molecule has 8 heteroatoms. The van der Waals surface area contributed by atoms with Gasteiger partial charge in [0.05, 0.1) is 30.8 Å². The molecular weight excluding hydrogens is 368 g/mol. The van der Waals surface area contributed by atoms with Gasteiger partial charge in [-0.1, -0.05) is 0 Å². The molecule has 4 rings (SSSR count). The smallest absolute Gasteiger partial charge is 0.243 e. The molecule has 3 aliphatic heterocycles. The zero-order valence-electron chi connectivity index (χ0n) is 15.8. The molecule has 0 amide bonds. The van der Waals surface area contributed by atoms with Crippen LogP contribution in [0.15, 0.2) is 23.1 Å². The summed E-state index contributed by atoms with van der Waals surface area (Å²) in [7, 11) is -3.52. The third-order valence-electron chi connectivity index (χ3n) is 5.57. The van der Waals surface area contributed by atoms with Crippen molar-refractivity contribution >= 4 is 10.0 Å². The summed E-state index contributed by atoms with van der Waals surface area (Å²) in [6, 6.07) is 5.37. The number of nitrogens with zero attached hydrogens (tertiary/aromatic N) is 2. The lowest BCUT2D eigenvalue weighted by Gasteiger charge is -2.41. The van der Waals surface area contributed by atoms with E-state index in [9.17, 15) is 8.42 Å². The van der Waals surface area contributed by atoms with E-state index in [0.29, 0.717) is 43.8 Å². The van der Waals surface area contributed by atoms with Crippen molar-refractivity contribution in [2.24, 2.45) is 0 Å². The van der Waals surface area contributed by atoms with Gasteiger partial charge in [-0.3, -0.25) is 4.90 Å². The maximum Gasteiger partial charge on any atom is 0.243 e. The zero-order valence-corrected chi connectivity index (χ0v) is 16.6. The fourth-order valence-electron chi connectivity index (χ4n) is 4.08. The van der Waals surface area contributed by atoms with Crippen LogP contribution in [-0.2, 0) is 14.8 Å².